The highest BCUT2D eigenvalue weighted by atomic mass is 16.8. The van der Waals surface area contributed by atoms with Gasteiger partial charge in [0.15, 0.2) is 18.9 Å². The predicted molar refractivity (Wildman–Crippen MR) is 302 cm³/mol. The van der Waals surface area contributed by atoms with Crippen LogP contribution >= 0.6 is 0 Å². The number of imidazole rings is 2. The van der Waals surface area contributed by atoms with E-state index in [9.17, 15) is 30.6 Å². The summed E-state index contributed by atoms with van der Waals surface area (Å²) in [7, 11) is 2.16. The van der Waals surface area contributed by atoms with Gasteiger partial charge in [-0.2, -0.15) is 0 Å². The van der Waals surface area contributed by atoms with Gasteiger partial charge in [0.05, 0.1) is 66.2 Å². The molecule has 84 heavy (non-hydrogen) atoms. The Bertz CT molecular complexity index is 3090. The Morgan fingerprint density at radius 1 is 0.607 bits per heavy atom. The molecule has 3 aromatic carbocycles. The molecule has 0 amide bonds. The molecule has 4 aliphatic heterocycles. The summed E-state index contributed by atoms with van der Waals surface area (Å²) >= 11 is 0. The first kappa shape index (κ1) is 60.2. The van der Waals surface area contributed by atoms with Gasteiger partial charge in [-0.3, -0.25) is 0 Å². The van der Waals surface area contributed by atoms with Gasteiger partial charge >= 0.3 is 0 Å². The Balaban J connectivity index is 0.666. The summed E-state index contributed by atoms with van der Waals surface area (Å²) in [5.74, 6) is 2.27. The molecule has 20 N–H and O–H groups in total. The van der Waals surface area contributed by atoms with E-state index in [1.807, 2.05) is 36.4 Å². The molecule has 5 aliphatic rings. The second kappa shape index (κ2) is 26.3. The number of hydrogen-bond acceptors (Lipinski definition) is 26. The van der Waals surface area contributed by atoms with Crippen LogP contribution in [0, 0.1) is 0 Å². The number of hydrogen-bond donors (Lipinski definition) is 14. The SMILES string of the molecule is CN1CCN(c2ccc3nc(-c4ccc5nc(-c6ccc(OCCCCOCc7cn(C[C@H]8O[C@@H](O[C@@H]9[C@@H](O)[C@H](N)C[C@H](N)[C@H]9O[C@H]9O[C@H](CN)[C@@H](O)[C@H](O)[C@H]9N)[C@H](O)[C@@H]8O[C@H]8OC(CN)[C@@H](O)[C@H](O)[C@H]8N)nn7)cc6)[nH]c5c4)[nH]c3c2)CC1. The number of rotatable bonds is 21. The molecule has 458 valence electrons. The van der Waals surface area contributed by atoms with E-state index in [2.05, 4.69) is 61.4 Å². The number of nitrogens with zero attached hydrogens (tertiary/aromatic N) is 7. The number of nitrogens with one attached hydrogen (secondary N) is 2. The first-order chi connectivity index (χ1) is 40.5. The lowest BCUT2D eigenvalue weighted by atomic mass is 9.84. The lowest BCUT2D eigenvalue weighted by Gasteiger charge is -2.47. The minimum atomic E-state index is -1.63. The summed E-state index contributed by atoms with van der Waals surface area (Å²) in [5, 5.41) is 74.3. The summed E-state index contributed by atoms with van der Waals surface area (Å²) in [6.07, 6.45) is -17.1. The highest BCUT2D eigenvalue weighted by Gasteiger charge is 2.55. The molecule has 1 unspecified atom stereocenters. The highest BCUT2D eigenvalue weighted by Crippen LogP contribution is 2.36. The van der Waals surface area contributed by atoms with Crippen LogP contribution < -0.4 is 44.0 Å². The molecule has 0 spiro atoms. The fraction of sp³-hybridized carbons (Fsp3) is 0.600. The number of aromatic amines is 2. The fourth-order valence-corrected chi connectivity index (χ4v) is 11.5. The smallest absolute Gasteiger partial charge is 0.187 e. The van der Waals surface area contributed by atoms with Crippen molar-refractivity contribution in [2.24, 2.45) is 34.4 Å². The van der Waals surface area contributed by atoms with E-state index in [1.54, 1.807) is 6.20 Å². The van der Waals surface area contributed by atoms with Crippen LogP contribution in [0.5, 0.6) is 5.75 Å². The van der Waals surface area contributed by atoms with Crippen LogP contribution in [0.3, 0.4) is 0 Å². The van der Waals surface area contributed by atoms with Gasteiger partial charge in [-0.1, -0.05) is 5.21 Å². The molecule has 0 radical (unpaired) electrons. The van der Waals surface area contributed by atoms with E-state index >= 15 is 0 Å². The zero-order valence-corrected chi connectivity index (χ0v) is 46.6. The monoisotopic (exact) mass is 1170 g/mol. The Kier molecular flexibility index (Phi) is 18.8. The lowest BCUT2D eigenvalue weighted by Crippen LogP contribution is -2.68. The second-order valence-electron chi connectivity index (χ2n) is 22.5. The van der Waals surface area contributed by atoms with Gasteiger partial charge in [-0.05, 0) is 87.0 Å². The molecule has 11 rings (SSSR count). The average molecular weight is 1170 g/mol. The lowest BCUT2D eigenvalue weighted by molar-refractivity contribution is -0.306. The maximum Gasteiger partial charge on any atom is 0.187 e. The van der Waals surface area contributed by atoms with Crippen molar-refractivity contribution in [3.05, 3.63) is 72.6 Å². The Hall–Kier alpha value is -5.46. The molecule has 6 aromatic rings. The molecule has 3 aromatic heterocycles. The summed E-state index contributed by atoms with van der Waals surface area (Å²) < 4.78 is 50.2. The van der Waals surface area contributed by atoms with Crippen molar-refractivity contribution < 1.29 is 68.5 Å². The van der Waals surface area contributed by atoms with Gasteiger partial charge in [0.25, 0.3) is 0 Å². The van der Waals surface area contributed by atoms with E-state index in [0.29, 0.717) is 25.3 Å². The molecular weight excluding hydrogens is 1090 g/mol. The standard InChI is InChI=1S/C55H79N15O14/c1-68-12-14-69(15-13-68)29-7-11-34-36(19-29)65-52(63-34)27-6-10-33-35(18-27)64-51(62-33)26-4-8-30(9-5-26)78-17-3-2-16-77-25-28-23-70(67-66-28)24-39-49(83-54-41(61)46(75)44(73)38(22-57)80-54)47(76)55(81-39)84-50-42(71)31(58)20-32(59)48(50)82-53-40(60)45(74)43(72)37(21-56)79-53/h4-11,18-19,23,31-32,37-50,53-55,71-76H,2-3,12-17,20-22,24-25,56-61H2,1H3,(H,62,64)(H,63,65)/t31-,32+,37-,38?,39-,40-,41-,42+,43-,44-,45-,46-,47-,48-,49-,50-,53-,54-,55+/m1/s1. The predicted octanol–water partition coefficient (Wildman–Crippen LogP) is -3.38. The van der Waals surface area contributed by atoms with E-state index < -0.39 is 116 Å². The minimum absolute atomic E-state index is 0.0669. The van der Waals surface area contributed by atoms with Crippen LogP contribution in [0.4, 0.5) is 5.69 Å². The van der Waals surface area contributed by atoms with Crippen LogP contribution in [0.15, 0.2) is 66.9 Å². The zero-order chi connectivity index (χ0) is 58.9. The molecular formula is C55H79N15O14. The largest absolute Gasteiger partial charge is 0.494 e. The molecule has 29 nitrogen and oxygen atoms in total. The van der Waals surface area contributed by atoms with Crippen LogP contribution in [0.2, 0.25) is 0 Å². The summed E-state index contributed by atoms with van der Waals surface area (Å²) in [6.45, 7) is 4.65. The molecule has 7 heterocycles. The number of nitrogens with two attached hydrogens (primary N) is 6. The fourth-order valence-electron chi connectivity index (χ4n) is 11.5. The maximum absolute atomic E-state index is 11.9. The average Bonchev–Trinajstić information content (AvgIpc) is 4.20. The molecule has 29 heteroatoms. The van der Waals surface area contributed by atoms with Gasteiger partial charge in [-0.25, -0.2) is 14.6 Å². The van der Waals surface area contributed by atoms with Gasteiger partial charge in [0.1, 0.15) is 90.2 Å². The number of aliphatic hydroxyl groups excluding tert-OH is 6. The third-order valence-corrected chi connectivity index (χ3v) is 16.6. The molecule has 19 atom stereocenters. The molecule has 0 bridgehead atoms. The molecule has 1 aliphatic carbocycles. The van der Waals surface area contributed by atoms with Gasteiger partial charge in [0.2, 0.25) is 0 Å². The number of fused-ring (bicyclic) bond motifs is 2. The van der Waals surface area contributed by atoms with Crippen LogP contribution in [-0.4, -0.2) is 246 Å². The van der Waals surface area contributed by atoms with Gasteiger partial charge in [-0.15, -0.1) is 5.10 Å². The number of likely N-dealkylation sites (N-methyl/N-ethyl adjacent to an activating group) is 1. The number of unbranched alkanes of at least 4 members (excludes halogenated alkanes) is 1. The van der Waals surface area contributed by atoms with Crippen LogP contribution in [0.25, 0.3) is 44.8 Å². The zero-order valence-electron chi connectivity index (χ0n) is 46.6. The normalized spacial score (nSPS) is 34.2. The topological polar surface area (TPSA) is 446 Å². The highest BCUT2D eigenvalue weighted by molar-refractivity contribution is 5.87. The number of H-pyrrole nitrogens is 2. The number of aromatic nitrogens is 7. The quantitative estimate of drug-likeness (QED) is 0.0313. The van der Waals surface area contributed by atoms with Crippen molar-refractivity contribution in [1.29, 1.82) is 0 Å². The Morgan fingerprint density at radius 3 is 1.86 bits per heavy atom. The van der Waals surface area contributed by atoms with E-state index in [1.165, 1.54) is 10.4 Å². The van der Waals surface area contributed by atoms with E-state index in [0.717, 1.165) is 83.2 Å². The third kappa shape index (κ3) is 13.0. The van der Waals surface area contributed by atoms with Crippen molar-refractivity contribution in [2.45, 2.75) is 149 Å². The molecule has 4 saturated heterocycles. The first-order valence-electron chi connectivity index (χ1n) is 28.6. The second-order valence-corrected chi connectivity index (χ2v) is 22.5. The summed E-state index contributed by atoms with van der Waals surface area (Å²) in [5.41, 5.74) is 44.2. The van der Waals surface area contributed by atoms with E-state index in [-0.39, 0.29) is 32.7 Å². The molecule has 5 fully saturated rings. The summed E-state index contributed by atoms with van der Waals surface area (Å²) in [4.78, 5) is 21.5. The number of benzene rings is 3. The van der Waals surface area contributed by atoms with Crippen molar-refractivity contribution in [3.8, 4) is 28.5 Å². The van der Waals surface area contributed by atoms with Crippen LogP contribution in [0.1, 0.15) is 25.0 Å². The van der Waals surface area contributed by atoms with Crippen molar-refractivity contribution in [1.82, 2.24) is 39.8 Å². The third-order valence-electron chi connectivity index (χ3n) is 16.6. The number of piperazine rings is 1. The van der Waals surface area contributed by atoms with Crippen molar-refractivity contribution >= 4 is 27.8 Å². The van der Waals surface area contributed by atoms with Gasteiger partial charge < -0.3 is 123 Å². The van der Waals surface area contributed by atoms with Crippen molar-refractivity contribution in [2.75, 3.05) is 64.4 Å². The Labute approximate surface area is 483 Å². The number of ether oxygens (including phenoxy) is 8. The Morgan fingerprint density at radius 2 is 1.19 bits per heavy atom. The van der Waals surface area contributed by atoms with Crippen LogP contribution in [-0.2, 0) is 46.3 Å². The summed E-state index contributed by atoms with van der Waals surface area (Å²) in [6, 6.07) is 16.0. The number of anilines is 1. The van der Waals surface area contributed by atoms with Gasteiger partial charge in [0, 0.05) is 74.8 Å². The molecule has 1 saturated carbocycles. The first-order valence-corrected chi connectivity index (χ1v) is 28.6. The van der Waals surface area contributed by atoms with E-state index in [4.69, 9.17) is 82.3 Å². The number of aliphatic hydroxyl groups is 6. The maximum atomic E-state index is 11.9. The minimum Gasteiger partial charge on any atom is -0.494 e. The van der Waals surface area contributed by atoms with Crippen molar-refractivity contribution in [3.63, 3.8) is 0 Å².